The molecule has 3 rings (SSSR count). The molecule has 0 N–H and O–H groups in total. The largest absolute Gasteiger partial charge is 0.296 e. The third kappa shape index (κ3) is 3.13. The number of hydrogen-bond donors (Lipinski definition) is 0. The predicted molar refractivity (Wildman–Crippen MR) is 107 cm³/mol. The summed E-state index contributed by atoms with van der Waals surface area (Å²) in [5.41, 5.74) is 2.52. The fourth-order valence-corrected chi connectivity index (χ4v) is 3.05. The van der Waals surface area contributed by atoms with Crippen molar-refractivity contribution in [1.29, 1.82) is 0 Å². The molecule has 0 fully saturated rings. The fourth-order valence-electron chi connectivity index (χ4n) is 3.05. The zero-order chi connectivity index (χ0) is 25.0. The Kier molecular flexibility index (Phi) is 2.74. The van der Waals surface area contributed by atoms with E-state index in [1.165, 1.54) is 32.0 Å². The van der Waals surface area contributed by atoms with E-state index < -0.39 is 25.5 Å². The molecular formula is C23H28N2. The highest BCUT2D eigenvalue weighted by Gasteiger charge is 2.21. The maximum atomic E-state index is 8.82. The lowest BCUT2D eigenvalue weighted by molar-refractivity contribution is 0.801. The molecule has 0 spiro atoms. The second-order valence-electron chi connectivity index (χ2n) is 6.26. The number of aryl methyl sites for hydroxylation is 1. The van der Waals surface area contributed by atoms with Crippen LogP contribution in [0.3, 0.4) is 0 Å². The first-order valence-electron chi connectivity index (χ1n) is 12.3. The van der Waals surface area contributed by atoms with Gasteiger partial charge in [-0.2, -0.15) is 0 Å². The monoisotopic (exact) mass is 340 g/mol. The summed E-state index contributed by atoms with van der Waals surface area (Å²) in [6.07, 6.45) is 0. The summed E-state index contributed by atoms with van der Waals surface area (Å²) < 4.78 is 67.5. The number of imidazole rings is 1. The molecule has 2 heteroatoms. The van der Waals surface area contributed by atoms with Crippen LogP contribution in [0.1, 0.15) is 72.8 Å². The highest BCUT2D eigenvalue weighted by molar-refractivity contribution is 5.64. The Morgan fingerprint density at radius 2 is 1.52 bits per heavy atom. The molecule has 2 unspecified atom stereocenters. The Bertz CT molecular complexity index is 1110. The van der Waals surface area contributed by atoms with E-state index in [0.717, 1.165) is 5.56 Å². The van der Waals surface area contributed by atoms with Gasteiger partial charge in [-0.1, -0.05) is 76.1 Å². The summed E-state index contributed by atoms with van der Waals surface area (Å²) in [5.74, 6) is -3.65. The Balaban J connectivity index is 2.54. The van der Waals surface area contributed by atoms with Crippen molar-refractivity contribution in [3.8, 4) is 17.1 Å². The Hall–Kier alpha value is -2.35. The van der Waals surface area contributed by atoms with Crippen LogP contribution < -0.4 is 0 Å². The van der Waals surface area contributed by atoms with Gasteiger partial charge < -0.3 is 0 Å². The zero-order valence-corrected chi connectivity index (χ0v) is 15.0. The standard InChI is InChI=1S/C23H28N2/c1-15(2)20-13-10-14-21(16(3)4)22(20)25-18(6)17(5)24-23(25)19-11-8-7-9-12-19/h7-16H,1-6H3/i1D3,3D3,15D,16D. The van der Waals surface area contributed by atoms with Gasteiger partial charge in [-0.15, -0.1) is 0 Å². The van der Waals surface area contributed by atoms with Crippen LogP contribution in [0, 0.1) is 13.8 Å². The van der Waals surface area contributed by atoms with Gasteiger partial charge in [0.15, 0.2) is 0 Å². The van der Waals surface area contributed by atoms with Crippen molar-refractivity contribution in [1.82, 2.24) is 9.55 Å². The van der Waals surface area contributed by atoms with Crippen LogP contribution in [0.2, 0.25) is 0 Å². The van der Waals surface area contributed by atoms with Gasteiger partial charge in [0, 0.05) is 22.2 Å². The number of nitrogens with zero attached hydrogens (tertiary/aromatic N) is 2. The minimum Gasteiger partial charge on any atom is -0.296 e. The van der Waals surface area contributed by atoms with E-state index in [2.05, 4.69) is 4.98 Å². The molecule has 0 aliphatic carbocycles. The van der Waals surface area contributed by atoms with Crippen LogP contribution in [-0.4, -0.2) is 9.55 Å². The van der Waals surface area contributed by atoms with Gasteiger partial charge >= 0.3 is 0 Å². The van der Waals surface area contributed by atoms with Crippen molar-refractivity contribution in [3.63, 3.8) is 0 Å². The fraction of sp³-hybridized carbons (Fsp3) is 0.348. The minimum atomic E-state index is -2.70. The van der Waals surface area contributed by atoms with Crippen LogP contribution in [0.4, 0.5) is 0 Å². The molecule has 2 aromatic carbocycles. The van der Waals surface area contributed by atoms with Crippen molar-refractivity contribution in [2.75, 3.05) is 0 Å². The highest BCUT2D eigenvalue weighted by Crippen LogP contribution is 2.35. The third-order valence-corrected chi connectivity index (χ3v) is 4.44. The first-order chi connectivity index (χ1) is 15.0. The number of rotatable bonds is 4. The number of para-hydroxylation sites is 1. The smallest absolute Gasteiger partial charge is 0.145 e. The summed E-state index contributed by atoms with van der Waals surface area (Å²) in [4.78, 5) is 4.69. The van der Waals surface area contributed by atoms with E-state index in [1.807, 2.05) is 44.2 Å². The van der Waals surface area contributed by atoms with Gasteiger partial charge in [-0.25, -0.2) is 4.98 Å². The average molecular weight is 341 g/mol. The van der Waals surface area contributed by atoms with Crippen molar-refractivity contribution >= 4 is 0 Å². The van der Waals surface area contributed by atoms with E-state index >= 15 is 0 Å². The van der Waals surface area contributed by atoms with Crippen LogP contribution in [0.25, 0.3) is 17.1 Å². The molecule has 25 heavy (non-hydrogen) atoms. The maximum Gasteiger partial charge on any atom is 0.145 e. The minimum absolute atomic E-state index is 0.111. The molecule has 2 nitrogen and oxygen atoms in total. The topological polar surface area (TPSA) is 17.8 Å². The van der Waals surface area contributed by atoms with Gasteiger partial charge in [-0.05, 0) is 36.8 Å². The van der Waals surface area contributed by atoms with E-state index in [-0.39, 0.29) is 16.8 Å². The normalized spacial score (nSPS) is 21.9. The number of aromatic nitrogens is 2. The van der Waals surface area contributed by atoms with Gasteiger partial charge in [0.1, 0.15) is 5.82 Å². The first kappa shape index (κ1) is 9.96. The van der Waals surface area contributed by atoms with Crippen LogP contribution in [-0.2, 0) is 0 Å². The van der Waals surface area contributed by atoms with E-state index in [9.17, 15) is 0 Å². The average Bonchev–Trinajstić information content (AvgIpc) is 3.00. The van der Waals surface area contributed by atoms with E-state index in [1.54, 1.807) is 4.57 Å². The molecular weight excluding hydrogens is 304 g/mol. The lowest BCUT2D eigenvalue weighted by Gasteiger charge is -2.23. The molecule has 0 aliphatic rings. The van der Waals surface area contributed by atoms with Crippen molar-refractivity contribution < 1.29 is 11.0 Å². The maximum absolute atomic E-state index is 8.82. The van der Waals surface area contributed by atoms with Crippen LogP contribution in [0.5, 0.6) is 0 Å². The number of benzene rings is 2. The third-order valence-electron chi connectivity index (χ3n) is 4.44. The summed E-state index contributed by atoms with van der Waals surface area (Å²) in [7, 11) is 0. The van der Waals surface area contributed by atoms with Crippen LogP contribution >= 0.6 is 0 Å². The van der Waals surface area contributed by atoms with Crippen molar-refractivity contribution in [2.24, 2.45) is 0 Å². The Labute approximate surface area is 162 Å². The SMILES string of the molecule is [2H]C([2H])([2H])C([2H])(C)c1cccc(C([2H])(C)C([2H])([2H])[2H])c1-n1c(-c2ccccc2)nc(C)c1C. The number of hydrogen-bond acceptors (Lipinski definition) is 1. The molecule has 0 saturated carbocycles. The summed E-state index contributed by atoms with van der Waals surface area (Å²) in [5, 5.41) is 0. The van der Waals surface area contributed by atoms with Gasteiger partial charge in [0.2, 0.25) is 0 Å². The molecule has 2 atom stereocenters. The Morgan fingerprint density at radius 3 is 2.08 bits per heavy atom. The van der Waals surface area contributed by atoms with E-state index in [4.69, 9.17) is 11.0 Å². The second kappa shape index (κ2) is 6.87. The molecule has 0 saturated heterocycles. The second-order valence-corrected chi connectivity index (χ2v) is 6.26. The molecule has 0 bridgehead atoms. The quantitative estimate of drug-likeness (QED) is 0.537. The summed E-state index contributed by atoms with van der Waals surface area (Å²) in [6.45, 7) is 0.808. The van der Waals surface area contributed by atoms with Crippen molar-refractivity contribution in [3.05, 3.63) is 71.0 Å². The predicted octanol–water partition coefficient (Wildman–Crippen LogP) is 6.40. The summed E-state index contributed by atoms with van der Waals surface area (Å²) in [6, 6.07) is 13.8. The lowest BCUT2D eigenvalue weighted by atomic mass is 9.92. The molecule has 0 radical (unpaired) electrons. The summed E-state index contributed by atoms with van der Waals surface area (Å²) >= 11 is 0. The van der Waals surface area contributed by atoms with Crippen LogP contribution in [0.15, 0.2) is 48.5 Å². The van der Waals surface area contributed by atoms with Gasteiger partial charge in [-0.3, -0.25) is 4.57 Å². The highest BCUT2D eigenvalue weighted by atomic mass is 15.1. The molecule has 1 aromatic heterocycles. The lowest BCUT2D eigenvalue weighted by Crippen LogP contribution is -2.09. The zero-order valence-electron chi connectivity index (χ0n) is 23.0. The van der Waals surface area contributed by atoms with E-state index in [0.29, 0.717) is 17.2 Å². The molecule has 3 aromatic rings. The Morgan fingerprint density at radius 1 is 0.920 bits per heavy atom. The van der Waals surface area contributed by atoms with Gasteiger partial charge in [0.25, 0.3) is 0 Å². The molecule has 0 aliphatic heterocycles. The molecule has 1 heterocycles. The van der Waals surface area contributed by atoms with Gasteiger partial charge in [0.05, 0.1) is 11.4 Å². The molecule has 130 valence electrons. The molecule has 0 amide bonds. The first-order valence-corrected chi connectivity index (χ1v) is 8.27. The van der Waals surface area contributed by atoms with Crippen molar-refractivity contribution in [2.45, 2.75) is 53.2 Å².